The molecule has 1 amide bonds. The van der Waals surface area contributed by atoms with Gasteiger partial charge in [0.05, 0.1) is 13.2 Å². The minimum atomic E-state index is -0.220. The lowest BCUT2D eigenvalue weighted by Gasteiger charge is -2.39. The van der Waals surface area contributed by atoms with Gasteiger partial charge in [0.2, 0.25) is 0 Å². The number of rotatable bonds is 9. The molecule has 6 nitrogen and oxygen atoms in total. The summed E-state index contributed by atoms with van der Waals surface area (Å²) in [6, 6.07) is 31.0. The molecule has 3 aromatic rings. The van der Waals surface area contributed by atoms with Crippen molar-refractivity contribution in [2.45, 2.75) is 12.5 Å². The first-order valence-electron chi connectivity index (χ1n) is 12.3. The lowest BCUT2D eigenvalue weighted by molar-refractivity contribution is -0.128. The first-order valence-corrected chi connectivity index (χ1v) is 12.3. The summed E-state index contributed by atoms with van der Waals surface area (Å²) in [5, 5.41) is 12.7. The van der Waals surface area contributed by atoms with Crippen LogP contribution in [0.4, 0.5) is 0 Å². The lowest BCUT2D eigenvalue weighted by atomic mass is 9.96. The number of hydrogen-bond acceptors (Lipinski definition) is 5. The Balaban J connectivity index is 1.35. The van der Waals surface area contributed by atoms with E-state index in [4.69, 9.17) is 4.74 Å². The number of methoxy groups -OCH3 is 1. The van der Waals surface area contributed by atoms with E-state index in [2.05, 4.69) is 64.8 Å². The molecule has 0 spiro atoms. The average molecular weight is 481 g/mol. The number of ether oxygens (including phenoxy) is 1. The number of carbonyl (C=O) groups is 1. The van der Waals surface area contributed by atoms with E-state index in [-0.39, 0.29) is 17.5 Å². The van der Waals surface area contributed by atoms with Crippen LogP contribution in [0.15, 0.2) is 96.7 Å². The molecular formula is C30H32N4O2. The fourth-order valence-corrected chi connectivity index (χ4v) is 4.60. The average Bonchev–Trinajstić information content (AvgIpc) is 2.94. The molecule has 1 heterocycles. The second-order valence-corrected chi connectivity index (χ2v) is 8.78. The highest BCUT2D eigenvalue weighted by molar-refractivity contribution is 5.97. The topological polar surface area (TPSA) is 68.6 Å². The highest BCUT2D eigenvalue weighted by Crippen LogP contribution is 2.29. The number of piperazine rings is 1. The maximum absolute atomic E-state index is 13.1. The second kappa shape index (κ2) is 12.6. The number of amides is 1. The van der Waals surface area contributed by atoms with Crippen LogP contribution < -0.4 is 10.1 Å². The minimum Gasteiger partial charge on any atom is -0.497 e. The van der Waals surface area contributed by atoms with Gasteiger partial charge in [0.25, 0.3) is 5.91 Å². The van der Waals surface area contributed by atoms with E-state index in [0.717, 1.165) is 30.8 Å². The minimum absolute atomic E-state index is 0.133. The van der Waals surface area contributed by atoms with Crippen LogP contribution >= 0.6 is 0 Å². The largest absolute Gasteiger partial charge is 0.497 e. The third kappa shape index (κ3) is 6.32. The Morgan fingerprint density at radius 3 is 2.19 bits per heavy atom. The molecule has 1 N–H and O–H groups in total. The van der Waals surface area contributed by atoms with Crippen molar-refractivity contribution in [1.29, 1.82) is 5.26 Å². The Kier molecular flexibility index (Phi) is 8.74. The zero-order valence-corrected chi connectivity index (χ0v) is 20.6. The quantitative estimate of drug-likeness (QED) is 0.283. The Morgan fingerprint density at radius 1 is 0.972 bits per heavy atom. The van der Waals surface area contributed by atoms with Gasteiger partial charge in [0.15, 0.2) is 0 Å². The van der Waals surface area contributed by atoms with Crippen LogP contribution in [0.2, 0.25) is 0 Å². The zero-order chi connectivity index (χ0) is 25.2. The zero-order valence-electron chi connectivity index (χ0n) is 20.6. The summed E-state index contributed by atoms with van der Waals surface area (Å²) >= 11 is 0. The van der Waals surface area contributed by atoms with E-state index < -0.39 is 0 Å². The van der Waals surface area contributed by atoms with Gasteiger partial charge in [-0.05, 0) is 35.2 Å². The summed E-state index contributed by atoms with van der Waals surface area (Å²) in [7, 11) is 1.65. The molecule has 0 aliphatic carbocycles. The summed E-state index contributed by atoms with van der Waals surface area (Å²) in [6.07, 6.45) is 2.31. The number of hydrogen-bond donors (Lipinski definition) is 1. The first kappa shape index (κ1) is 25.0. The molecule has 36 heavy (non-hydrogen) atoms. The first-order chi connectivity index (χ1) is 17.7. The third-order valence-electron chi connectivity index (χ3n) is 6.49. The van der Waals surface area contributed by atoms with Gasteiger partial charge in [-0.1, -0.05) is 72.8 Å². The smallest absolute Gasteiger partial charge is 0.266 e. The predicted octanol–water partition coefficient (Wildman–Crippen LogP) is 4.17. The molecule has 1 fully saturated rings. The van der Waals surface area contributed by atoms with Gasteiger partial charge in [-0.3, -0.25) is 9.69 Å². The maximum atomic E-state index is 13.1. The molecule has 0 bridgehead atoms. The Hall–Kier alpha value is -4.08. The summed E-state index contributed by atoms with van der Waals surface area (Å²) < 4.78 is 5.26. The van der Waals surface area contributed by atoms with E-state index in [1.54, 1.807) is 18.2 Å². The van der Waals surface area contributed by atoms with Crippen LogP contribution in [0, 0.1) is 11.3 Å². The number of nitrogens with zero attached hydrogens (tertiary/aromatic N) is 3. The summed E-state index contributed by atoms with van der Waals surface area (Å²) in [6.45, 7) is 3.26. The molecule has 0 unspecified atom stereocenters. The van der Waals surface area contributed by atoms with Crippen LogP contribution in [-0.4, -0.2) is 55.5 Å². The van der Waals surface area contributed by atoms with Crippen molar-refractivity contribution in [1.82, 2.24) is 15.1 Å². The van der Waals surface area contributed by atoms with Crippen molar-refractivity contribution in [3.05, 3.63) is 113 Å². The van der Waals surface area contributed by atoms with Crippen LogP contribution in [0.5, 0.6) is 5.75 Å². The fraction of sp³-hybridized carbons (Fsp3) is 0.267. The third-order valence-corrected chi connectivity index (χ3v) is 6.49. The maximum Gasteiger partial charge on any atom is 0.266 e. The van der Waals surface area contributed by atoms with Gasteiger partial charge in [-0.2, -0.15) is 5.26 Å². The number of nitrogens with one attached hydrogen (secondary N) is 1. The molecule has 6 heteroatoms. The molecule has 3 aromatic carbocycles. The Labute approximate surface area is 213 Å². The van der Waals surface area contributed by atoms with Gasteiger partial charge in [0, 0.05) is 38.9 Å². The van der Waals surface area contributed by atoms with Crippen molar-refractivity contribution in [3.63, 3.8) is 0 Å². The van der Waals surface area contributed by atoms with Crippen LogP contribution in [0.3, 0.4) is 0 Å². The van der Waals surface area contributed by atoms with Crippen LogP contribution in [0.1, 0.15) is 22.7 Å². The predicted molar refractivity (Wildman–Crippen MR) is 141 cm³/mol. The SMILES string of the molecule is COc1cccc(CCN/C=C(/C#N)C(=O)N2CCN(C(c3ccccc3)c3ccccc3)CC2)c1. The molecule has 0 atom stereocenters. The molecule has 0 radical (unpaired) electrons. The summed E-state index contributed by atoms with van der Waals surface area (Å²) in [5.74, 6) is 0.596. The van der Waals surface area contributed by atoms with Gasteiger partial charge in [-0.25, -0.2) is 0 Å². The molecular weight excluding hydrogens is 448 g/mol. The van der Waals surface area contributed by atoms with Gasteiger partial charge in [-0.15, -0.1) is 0 Å². The standard InChI is InChI=1S/C30H32N4O2/c1-36-28-14-8-9-24(21-28)15-16-32-23-27(22-31)30(35)34-19-17-33(18-20-34)29(25-10-4-2-5-11-25)26-12-6-3-7-13-26/h2-14,21,23,29,32H,15-20H2,1H3/b27-23-. The van der Waals surface area contributed by atoms with Crippen molar-refractivity contribution < 1.29 is 9.53 Å². The van der Waals surface area contributed by atoms with Gasteiger partial charge in [0.1, 0.15) is 17.4 Å². The lowest BCUT2D eigenvalue weighted by Crippen LogP contribution is -2.50. The van der Waals surface area contributed by atoms with E-state index in [0.29, 0.717) is 19.6 Å². The van der Waals surface area contributed by atoms with Crippen molar-refractivity contribution >= 4 is 5.91 Å². The van der Waals surface area contributed by atoms with Crippen molar-refractivity contribution in [2.75, 3.05) is 39.8 Å². The Morgan fingerprint density at radius 2 is 1.61 bits per heavy atom. The monoisotopic (exact) mass is 480 g/mol. The van der Waals surface area contributed by atoms with E-state index in [9.17, 15) is 10.1 Å². The number of carbonyl (C=O) groups excluding carboxylic acids is 1. The number of nitriles is 1. The highest BCUT2D eigenvalue weighted by Gasteiger charge is 2.29. The highest BCUT2D eigenvalue weighted by atomic mass is 16.5. The van der Waals surface area contributed by atoms with Crippen molar-refractivity contribution in [3.8, 4) is 11.8 Å². The molecule has 1 saturated heterocycles. The van der Waals surface area contributed by atoms with Gasteiger partial charge < -0.3 is 15.0 Å². The molecule has 0 aromatic heterocycles. The normalized spacial score (nSPS) is 14.4. The Bertz CT molecular complexity index is 1160. The number of benzene rings is 3. The summed E-state index contributed by atoms with van der Waals surface area (Å²) in [4.78, 5) is 17.2. The molecule has 1 aliphatic rings. The second-order valence-electron chi connectivity index (χ2n) is 8.78. The molecule has 1 aliphatic heterocycles. The van der Waals surface area contributed by atoms with E-state index in [1.165, 1.54) is 11.1 Å². The fourth-order valence-electron chi connectivity index (χ4n) is 4.60. The van der Waals surface area contributed by atoms with Crippen LogP contribution in [-0.2, 0) is 11.2 Å². The molecule has 4 rings (SSSR count). The van der Waals surface area contributed by atoms with Crippen LogP contribution in [0.25, 0.3) is 0 Å². The molecule has 184 valence electrons. The molecule has 0 saturated carbocycles. The summed E-state index contributed by atoms with van der Waals surface area (Å²) in [5.41, 5.74) is 3.74. The van der Waals surface area contributed by atoms with E-state index in [1.807, 2.05) is 36.4 Å². The van der Waals surface area contributed by atoms with Crippen molar-refractivity contribution in [2.24, 2.45) is 0 Å². The van der Waals surface area contributed by atoms with Gasteiger partial charge >= 0.3 is 0 Å². The van der Waals surface area contributed by atoms with E-state index >= 15 is 0 Å².